The van der Waals surface area contributed by atoms with Gasteiger partial charge in [0.1, 0.15) is 0 Å². The van der Waals surface area contributed by atoms with Gasteiger partial charge in [-0.15, -0.1) is 0 Å². The van der Waals surface area contributed by atoms with Crippen LogP contribution < -0.4 is 0 Å². The molecule has 0 unspecified atom stereocenters. The maximum absolute atomic E-state index is 5.31. The van der Waals surface area contributed by atoms with E-state index in [9.17, 15) is 0 Å². The normalized spacial score (nSPS) is 25.0. The van der Waals surface area contributed by atoms with E-state index in [0.717, 1.165) is 26.3 Å². The van der Waals surface area contributed by atoms with Crippen molar-refractivity contribution >= 4 is 16.9 Å². The first kappa shape index (κ1) is 9.34. The Morgan fingerprint density at radius 1 is 1.38 bits per heavy atom. The van der Waals surface area contributed by atoms with Crippen LogP contribution >= 0.6 is 11.8 Å². The smallest absolute Gasteiger partial charge is 0.159 e. The SMILES string of the molecule is CSC(=NC1CC1)N1CCOCC1. The molecule has 3 nitrogen and oxygen atoms in total. The highest BCUT2D eigenvalue weighted by molar-refractivity contribution is 8.13. The molecule has 2 aliphatic rings. The van der Waals surface area contributed by atoms with Crippen LogP contribution in [0.1, 0.15) is 12.8 Å². The third-order valence-corrected chi connectivity index (χ3v) is 3.03. The molecule has 0 N–H and O–H groups in total. The number of hydrogen-bond donors (Lipinski definition) is 0. The highest BCUT2D eigenvalue weighted by Crippen LogP contribution is 2.25. The third-order valence-electron chi connectivity index (χ3n) is 2.30. The van der Waals surface area contributed by atoms with E-state index in [-0.39, 0.29) is 0 Å². The van der Waals surface area contributed by atoms with E-state index in [1.807, 2.05) is 0 Å². The zero-order valence-corrected chi connectivity index (χ0v) is 8.85. The Hall–Kier alpha value is -0.220. The molecule has 74 valence electrons. The van der Waals surface area contributed by atoms with Crippen LogP contribution in [0.3, 0.4) is 0 Å². The zero-order chi connectivity index (χ0) is 9.10. The van der Waals surface area contributed by atoms with Crippen LogP contribution in [0.5, 0.6) is 0 Å². The van der Waals surface area contributed by atoms with Crippen molar-refractivity contribution in [1.29, 1.82) is 0 Å². The molecule has 2 rings (SSSR count). The Morgan fingerprint density at radius 3 is 2.62 bits per heavy atom. The lowest BCUT2D eigenvalue weighted by molar-refractivity contribution is 0.0692. The highest BCUT2D eigenvalue weighted by Gasteiger charge is 2.23. The summed E-state index contributed by atoms with van der Waals surface area (Å²) in [6, 6.07) is 0.630. The second-order valence-electron chi connectivity index (χ2n) is 3.45. The molecule has 1 aliphatic carbocycles. The van der Waals surface area contributed by atoms with Crippen molar-refractivity contribution in [2.24, 2.45) is 4.99 Å². The van der Waals surface area contributed by atoms with Gasteiger partial charge >= 0.3 is 0 Å². The van der Waals surface area contributed by atoms with Gasteiger partial charge < -0.3 is 9.64 Å². The highest BCUT2D eigenvalue weighted by atomic mass is 32.2. The van der Waals surface area contributed by atoms with Gasteiger partial charge in [0.15, 0.2) is 5.17 Å². The van der Waals surface area contributed by atoms with Crippen molar-refractivity contribution in [3.05, 3.63) is 0 Å². The summed E-state index contributed by atoms with van der Waals surface area (Å²) in [5.74, 6) is 0. The van der Waals surface area contributed by atoms with Gasteiger partial charge in [-0.2, -0.15) is 0 Å². The monoisotopic (exact) mass is 200 g/mol. The van der Waals surface area contributed by atoms with Crippen molar-refractivity contribution in [2.75, 3.05) is 32.6 Å². The molecule has 1 aliphatic heterocycles. The summed E-state index contributed by atoms with van der Waals surface area (Å²) in [4.78, 5) is 7.02. The summed E-state index contributed by atoms with van der Waals surface area (Å²) >= 11 is 1.77. The maximum Gasteiger partial charge on any atom is 0.159 e. The average Bonchev–Trinajstić information content (AvgIpc) is 2.99. The van der Waals surface area contributed by atoms with Gasteiger partial charge in [0.25, 0.3) is 0 Å². The summed E-state index contributed by atoms with van der Waals surface area (Å²) in [7, 11) is 0. The van der Waals surface area contributed by atoms with Crippen molar-refractivity contribution in [3.8, 4) is 0 Å². The molecule has 1 saturated carbocycles. The summed E-state index contributed by atoms with van der Waals surface area (Å²) in [5, 5.41) is 1.21. The zero-order valence-electron chi connectivity index (χ0n) is 8.03. The number of hydrogen-bond acceptors (Lipinski definition) is 3. The number of amidine groups is 1. The summed E-state index contributed by atoms with van der Waals surface area (Å²) in [5.41, 5.74) is 0. The molecule has 4 heteroatoms. The van der Waals surface area contributed by atoms with Crippen molar-refractivity contribution in [3.63, 3.8) is 0 Å². The van der Waals surface area contributed by atoms with Gasteiger partial charge in [-0.25, -0.2) is 0 Å². The largest absolute Gasteiger partial charge is 0.378 e. The summed E-state index contributed by atoms with van der Waals surface area (Å²) in [6.45, 7) is 3.72. The fraction of sp³-hybridized carbons (Fsp3) is 0.889. The number of aliphatic imine (C=N–C) groups is 1. The van der Waals surface area contributed by atoms with Crippen molar-refractivity contribution in [1.82, 2.24) is 4.90 Å². The molecule has 2 fully saturated rings. The lowest BCUT2D eigenvalue weighted by atomic mass is 10.5. The van der Waals surface area contributed by atoms with Gasteiger partial charge in [0.2, 0.25) is 0 Å². The molecule has 1 saturated heterocycles. The van der Waals surface area contributed by atoms with E-state index in [2.05, 4.69) is 16.1 Å². The fourth-order valence-electron chi connectivity index (χ4n) is 1.38. The Balaban J connectivity index is 1.93. The predicted octanol–water partition coefficient (Wildman–Crippen LogP) is 1.20. The van der Waals surface area contributed by atoms with E-state index in [4.69, 9.17) is 4.74 Å². The molecule has 0 spiro atoms. The Kier molecular flexibility index (Phi) is 3.11. The van der Waals surface area contributed by atoms with Crippen LogP contribution in [0.25, 0.3) is 0 Å². The molecule has 1 heterocycles. The number of ether oxygens (including phenoxy) is 1. The number of rotatable bonds is 1. The van der Waals surface area contributed by atoms with Crippen LogP contribution in [0, 0.1) is 0 Å². The Bertz CT molecular complexity index is 198. The Morgan fingerprint density at radius 2 is 2.08 bits per heavy atom. The fourth-order valence-corrected chi connectivity index (χ4v) is 2.07. The van der Waals surface area contributed by atoms with E-state index in [1.54, 1.807) is 11.8 Å². The Labute approximate surface area is 83.5 Å². The standard InChI is InChI=1S/C9H16N2OS/c1-13-9(10-8-2-3-8)11-4-6-12-7-5-11/h8H,2-7H2,1H3. The van der Waals surface area contributed by atoms with Crippen LogP contribution in [0.15, 0.2) is 4.99 Å². The molecule has 0 amide bonds. The van der Waals surface area contributed by atoms with Crippen LogP contribution in [-0.2, 0) is 4.74 Å². The van der Waals surface area contributed by atoms with Crippen molar-refractivity contribution in [2.45, 2.75) is 18.9 Å². The average molecular weight is 200 g/mol. The number of thioether (sulfide) groups is 1. The maximum atomic E-state index is 5.31. The summed E-state index contributed by atoms with van der Waals surface area (Å²) < 4.78 is 5.31. The molecule has 0 radical (unpaired) electrons. The van der Waals surface area contributed by atoms with Crippen molar-refractivity contribution < 1.29 is 4.74 Å². The van der Waals surface area contributed by atoms with Gasteiger partial charge in [-0.1, -0.05) is 11.8 Å². The molecule has 0 aromatic rings. The number of morpholine rings is 1. The summed E-state index contributed by atoms with van der Waals surface area (Å²) in [6.07, 6.45) is 4.68. The number of nitrogens with zero attached hydrogens (tertiary/aromatic N) is 2. The third kappa shape index (κ3) is 2.61. The van der Waals surface area contributed by atoms with Crippen LogP contribution in [0.4, 0.5) is 0 Å². The second kappa shape index (κ2) is 4.33. The molecule has 13 heavy (non-hydrogen) atoms. The van der Waals surface area contributed by atoms with E-state index < -0.39 is 0 Å². The van der Waals surface area contributed by atoms with E-state index in [0.29, 0.717) is 6.04 Å². The van der Waals surface area contributed by atoms with Gasteiger partial charge in [0, 0.05) is 13.1 Å². The predicted molar refractivity (Wildman–Crippen MR) is 56.4 cm³/mol. The second-order valence-corrected chi connectivity index (χ2v) is 4.22. The minimum absolute atomic E-state index is 0.630. The quantitative estimate of drug-likeness (QED) is 0.469. The topological polar surface area (TPSA) is 24.8 Å². The first-order valence-electron chi connectivity index (χ1n) is 4.84. The lowest BCUT2D eigenvalue weighted by Crippen LogP contribution is -2.39. The van der Waals surface area contributed by atoms with E-state index in [1.165, 1.54) is 18.0 Å². The minimum Gasteiger partial charge on any atom is -0.378 e. The first-order chi connectivity index (χ1) is 6.40. The first-order valence-corrected chi connectivity index (χ1v) is 6.07. The molecule has 0 bridgehead atoms. The van der Waals surface area contributed by atoms with Gasteiger partial charge in [-0.3, -0.25) is 4.99 Å². The van der Waals surface area contributed by atoms with Crippen LogP contribution in [0.2, 0.25) is 0 Å². The van der Waals surface area contributed by atoms with Gasteiger partial charge in [0.05, 0.1) is 19.3 Å². The molecule has 0 atom stereocenters. The molecule has 0 aromatic heterocycles. The van der Waals surface area contributed by atoms with E-state index >= 15 is 0 Å². The van der Waals surface area contributed by atoms with Crippen LogP contribution in [-0.4, -0.2) is 48.7 Å². The molecule has 0 aromatic carbocycles. The molecular weight excluding hydrogens is 184 g/mol. The van der Waals surface area contributed by atoms with Gasteiger partial charge in [-0.05, 0) is 19.1 Å². The molecular formula is C9H16N2OS. The minimum atomic E-state index is 0.630. The lowest BCUT2D eigenvalue weighted by Gasteiger charge is -2.28.